The van der Waals surface area contributed by atoms with Gasteiger partial charge in [-0.1, -0.05) is 11.6 Å². The Balaban J connectivity index is 2.20. The average Bonchev–Trinajstić information content (AvgIpc) is 2.76. The van der Waals surface area contributed by atoms with Crippen LogP contribution in [0.4, 0.5) is 0 Å². The van der Waals surface area contributed by atoms with Crippen LogP contribution in [-0.2, 0) is 17.6 Å². The number of halogens is 1. The van der Waals surface area contributed by atoms with Crippen molar-refractivity contribution in [3.8, 4) is 5.75 Å². The van der Waals surface area contributed by atoms with Crippen LogP contribution in [0, 0.1) is 0 Å². The van der Waals surface area contributed by atoms with Crippen LogP contribution in [0.5, 0.6) is 5.75 Å². The molecule has 106 valence electrons. The molecular formula is C15H21ClO3. The van der Waals surface area contributed by atoms with Gasteiger partial charge in [0.05, 0.1) is 18.3 Å². The number of ether oxygens (including phenoxy) is 2. The maximum atomic E-state index is 10.4. The highest BCUT2D eigenvalue weighted by Gasteiger charge is 2.30. The predicted octanol–water partition coefficient (Wildman–Crippen LogP) is 2.99. The number of aliphatic hydroxyl groups is 1. The summed E-state index contributed by atoms with van der Waals surface area (Å²) in [6, 6.07) is 3.81. The van der Waals surface area contributed by atoms with Crippen LogP contribution in [0.3, 0.4) is 0 Å². The lowest BCUT2D eigenvalue weighted by molar-refractivity contribution is -0.0956. The van der Waals surface area contributed by atoms with Gasteiger partial charge in [-0.2, -0.15) is 0 Å². The summed E-state index contributed by atoms with van der Waals surface area (Å²) in [6.07, 6.45) is 0.767. The normalized spacial score (nSPS) is 16.1. The number of hydrogen-bond donors (Lipinski definition) is 1. The van der Waals surface area contributed by atoms with E-state index in [-0.39, 0.29) is 0 Å². The first-order chi connectivity index (χ1) is 8.94. The van der Waals surface area contributed by atoms with Crippen molar-refractivity contribution >= 4 is 11.6 Å². The molecule has 3 nitrogen and oxygen atoms in total. The van der Waals surface area contributed by atoms with Crippen molar-refractivity contribution in [1.82, 2.24) is 0 Å². The van der Waals surface area contributed by atoms with Crippen LogP contribution in [0.15, 0.2) is 12.1 Å². The molecule has 0 saturated heterocycles. The smallest absolute Gasteiger partial charge is 0.126 e. The number of fused-ring (bicyclic) bond motifs is 1. The summed E-state index contributed by atoms with van der Waals surface area (Å²) in [5.74, 6) is 0.885. The fourth-order valence-corrected chi connectivity index (χ4v) is 2.68. The molecule has 19 heavy (non-hydrogen) atoms. The van der Waals surface area contributed by atoms with E-state index in [1.54, 1.807) is 0 Å². The Bertz CT molecular complexity index is 457. The molecule has 1 aliphatic heterocycles. The molecular weight excluding hydrogens is 264 g/mol. The van der Waals surface area contributed by atoms with E-state index in [4.69, 9.17) is 21.1 Å². The highest BCUT2D eigenvalue weighted by atomic mass is 35.5. The molecule has 1 aromatic carbocycles. The zero-order valence-corrected chi connectivity index (χ0v) is 12.5. The van der Waals surface area contributed by atoms with Crippen molar-refractivity contribution in [2.24, 2.45) is 0 Å². The maximum absolute atomic E-state index is 10.4. The zero-order chi connectivity index (χ0) is 14.0. The minimum atomic E-state index is -0.598. The molecule has 0 bridgehead atoms. The molecule has 0 aromatic heterocycles. The van der Waals surface area contributed by atoms with Crippen LogP contribution in [-0.4, -0.2) is 30.0 Å². The number of benzene rings is 1. The molecule has 0 saturated carbocycles. The van der Waals surface area contributed by atoms with Crippen molar-refractivity contribution < 1.29 is 14.6 Å². The largest absolute Gasteiger partial charge is 0.493 e. The van der Waals surface area contributed by atoms with Crippen molar-refractivity contribution in [2.45, 2.75) is 45.3 Å². The van der Waals surface area contributed by atoms with Gasteiger partial charge in [0.2, 0.25) is 0 Å². The molecule has 1 N–H and O–H groups in total. The molecule has 1 aromatic rings. The Morgan fingerprint density at radius 2 is 2.21 bits per heavy atom. The standard InChI is InChI=1S/C15H21ClO3/c1-4-19-15(2,3)13(17)9-11-8-12(16)7-10-5-6-18-14(10)11/h7-8,13,17H,4-6,9H2,1-3H3. The monoisotopic (exact) mass is 284 g/mol. The van der Waals surface area contributed by atoms with Crippen molar-refractivity contribution in [1.29, 1.82) is 0 Å². The maximum Gasteiger partial charge on any atom is 0.126 e. The van der Waals surface area contributed by atoms with E-state index in [9.17, 15) is 5.11 Å². The first-order valence-electron chi connectivity index (χ1n) is 6.70. The van der Waals surface area contributed by atoms with E-state index in [1.807, 2.05) is 32.9 Å². The Labute approximate surface area is 119 Å². The van der Waals surface area contributed by atoms with Crippen LogP contribution >= 0.6 is 11.6 Å². The molecule has 1 aliphatic rings. The highest BCUT2D eigenvalue weighted by Crippen LogP contribution is 2.34. The Hall–Kier alpha value is -0.770. The van der Waals surface area contributed by atoms with Gasteiger partial charge in [0, 0.05) is 24.5 Å². The first kappa shape index (κ1) is 14.6. The van der Waals surface area contributed by atoms with Crippen LogP contribution in [0.2, 0.25) is 5.02 Å². The molecule has 1 atom stereocenters. The second kappa shape index (κ2) is 5.70. The lowest BCUT2D eigenvalue weighted by Crippen LogP contribution is -2.40. The minimum absolute atomic E-state index is 0.482. The molecule has 0 amide bonds. The summed E-state index contributed by atoms with van der Waals surface area (Å²) >= 11 is 6.12. The summed E-state index contributed by atoms with van der Waals surface area (Å²) in [5.41, 5.74) is 1.51. The van der Waals surface area contributed by atoms with Crippen molar-refractivity contribution in [2.75, 3.05) is 13.2 Å². The Morgan fingerprint density at radius 3 is 2.89 bits per heavy atom. The van der Waals surface area contributed by atoms with Gasteiger partial charge < -0.3 is 14.6 Å². The molecule has 4 heteroatoms. The lowest BCUT2D eigenvalue weighted by Gasteiger charge is -2.30. The third kappa shape index (κ3) is 3.22. The number of hydrogen-bond acceptors (Lipinski definition) is 3. The third-order valence-electron chi connectivity index (χ3n) is 3.56. The van der Waals surface area contributed by atoms with E-state index >= 15 is 0 Å². The highest BCUT2D eigenvalue weighted by molar-refractivity contribution is 6.30. The molecule has 0 radical (unpaired) electrons. The number of rotatable bonds is 5. The lowest BCUT2D eigenvalue weighted by atomic mass is 9.93. The SMILES string of the molecule is CCOC(C)(C)C(O)Cc1cc(Cl)cc2c1OCC2. The quantitative estimate of drug-likeness (QED) is 0.903. The summed E-state index contributed by atoms with van der Waals surface area (Å²) in [6.45, 7) is 6.98. The van der Waals surface area contributed by atoms with Crippen LogP contribution in [0.1, 0.15) is 31.9 Å². The molecule has 1 heterocycles. The molecule has 1 unspecified atom stereocenters. The summed E-state index contributed by atoms with van der Waals surface area (Å²) in [4.78, 5) is 0. The first-order valence-corrected chi connectivity index (χ1v) is 7.08. The molecule has 2 rings (SSSR count). The van der Waals surface area contributed by atoms with E-state index in [1.165, 1.54) is 0 Å². The van der Waals surface area contributed by atoms with E-state index in [0.29, 0.717) is 24.7 Å². The fourth-order valence-electron chi connectivity index (χ4n) is 2.42. The Kier molecular flexibility index (Phi) is 4.39. The second-order valence-corrected chi connectivity index (χ2v) is 5.84. The molecule has 0 spiro atoms. The zero-order valence-electron chi connectivity index (χ0n) is 11.7. The molecule has 0 aliphatic carbocycles. The summed E-state index contributed by atoms with van der Waals surface area (Å²) < 4.78 is 11.2. The van der Waals surface area contributed by atoms with Gasteiger partial charge in [-0.05, 0) is 44.0 Å². The van der Waals surface area contributed by atoms with Crippen molar-refractivity contribution in [3.05, 3.63) is 28.3 Å². The van der Waals surface area contributed by atoms with Gasteiger partial charge >= 0.3 is 0 Å². The second-order valence-electron chi connectivity index (χ2n) is 5.41. The van der Waals surface area contributed by atoms with Gasteiger partial charge in [-0.15, -0.1) is 0 Å². The predicted molar refractivity (Wildman–Crippen MR) is 76.1 cm³/mol. The van der Waals surface area contributed by atoms with Gasteiger partial charge in [-0.3, -0.25) is 0 Å². The number of aliphatic hydroxyl groups excluding tert-OH is 1. The van der Waals surface area contributed by atoms with Gasteiger partial charge in [-0.25, -0.2) is 0 Å². The summed E-state index contributed by atoms with van der Waals surface area (Å²) in [5, 5.41) is 11.1. The van der Waals surface area contributed by atoms with Gasteiger partial charge in [0.15, 0.2) is 0 Å². The summed E-state index contributed by atoms with van der Waals surface area (Å²) in [7, 11) is 0. The van der Waals surface area contributed by atoms with E-state index in [2.05, 4.69) is 0 Å². The van der Waals surface area contributed by atoms with Crippen LogP contribution < -0.4 is 4.74 Å². The van der Waals surface area contributed by atoms with Gasteiger partial charge in [0.1, 0.15) is 5.75 Å². The Morgan fingerprint density at radius 1 is 1.47 bits per heavy atom. The molecule has 0 fully saturated rings. The van der Waals surface area contributed by atoms with Crippen molar-refractivity contribution in [3.63, 3.8) is 0 Å². The third-order valence-corrected chi connectivity index (χ3v) is 3.78. The average molecular weight is 285 g/mol. The fraction of sp³-hybridized carbons (Fsp3) is 0.600. The van der Waals surface area contributed by atoms with Crippen LogP contribution in [0.25, 0.3) is 0 Å². The van der Waals surface area contributed by atoms with E-state index < -0.39 is 11.7 Å². The minimum Gasteiger partial charge on any atom is -0.493 e. The topological polar surface area (TPSA) is 38.7 Å². The van der Waals surface area contributed by atoms with Gasteiger partial charge in [0.25, 0.3) is 0 Å². The van der Waals surface area contributed by atoms with E-state index in [0.717, 1.165) is 23.3 Å².